The summed E-state index contributed by atoms with van der Waals surface area (Å²) in [4.78, 5) is 14.5. The maximum atomic E-state index is 12.6. The monoisotopic (exact) mass is 289 g/mol. The molecule has 1 fully saturated rings. The topological polar surface area (TPSA) is 78.9 Å². The third-order valence-electron chi connectivity index (χ3n) is 4.23. The van der Waals surface area contributed by atoms with Gasteiger partial charge in [0, 0.05) is 24.2 Å². The van der Waals surface area contributed by atoms with Crippen LogP contribution in [0.2, 0.25) is 0 Å². The summed E-state index contributed by atoms with van der Waals surface area (Å²) in [6.07, 6.45) is 4.51. The Morgan fingerprint density at radius 3 is 2.86 bits per heavy atom. The Hall–Kier alpha value is -2.04. The fourth-order valence-electron chi connectivity index (χ4n) is 2.83. The van der Waals surface area contributed by atoms with Crippen molar-refractivity contribution < 1.29 is 10.0 Å². The summed E-state index contributed by atoms with van der Waals surface area (Å²) in [5, 5.41) is 11.7. The van der Waals surface area contributed by atoms with Gasteiger partial charge in [-0.3, -0.25) is 4.79 Å². The van der Waals surface area contributed by atoms with Crippen LogP contribution in [0.15, 0.2) is 29.4 Å². The highest BCUT2D eigenvalue weighted by atomic mass is 16.4. The Bertz CT molecular complexity index is 528. The van der Waals surface area contributed by atoms with Crippen LogP contribution in [0.3, 0.4) is 0 Å². The predicted molar refractivity (Wildman–Crippen MR) is 82.5 cm³/mol. The SMILES string of the molecule is CCC1CCCN(C(=O)c2cccc(C(N)=NO)c2)CC1. The average Bonchev–Trinajstić information content (AvgIpc) is 2.79. The minimum atomic E-state index is 0.0200. The molecule has 1 aromatic carbocycles. The van der Waals surface area contributed by atoms with Gasteiger partial charge in [-0.25, -0.2) is 0 Å². The molecule has 5 heteroatoms. The Morgan fingerprint density at radius 2 is 2.14 bits per heavy atom. The number of rotatable bonds is 3. The molecule has 0 radical (unpaired) electrons. The number of hydrogen-bond donors (Lipinski definition) is 2. The molecule has 0 spiro atoms. The lowest BCUT2D eigenvalue weighted by Crippen LogP contribution is -2.32. The van der Waals surface area contributed by atoms with Gasteiger partial charge in [-0.2, -0.15) is 0 Å². The number of amidine groups is 1. The normalized spacial score (nSPS) is 20.1. The van der Waals surface area contributed by atoms with Gasteiger partial charge in [0.15, 0.2) is 5.84 Å². The molecule has 0 bridgehead atoms. The molecule has 114 valence electrons. The van der Waals surface area contributed by atoms with E-state index in [0.717, 1.165) is 31.8 Å². The number of carbonyl (C=O) groups excluding carboxylic acids is 1. The summed E-state index contributed by atoms with van der Waals surface area (Å²) in [6, 6.07) is 6.94. The van der Waals surface area contributed by atoms with Crippen molar-refractivity contribution in [3.63, 3.8) is 0 Å². The van der Waals surface area contributed by atoms with E-state index in [1.54, 1.807) is 24.3 Å². The molecule has 1 heterocycles. The highest BCUT2D eigenvalue weighted by Crippen LogP contribution is 2.21. The second kappa shape index (κ2) is 7.11. The van der Waals surface area contributed by atoms with Gasteiger partial charge in [0.1, 0.15) is 0 Å². The number of likely N-dealkylation sites (tertiary alicyclic amines) is 1. The summed E-state index contributed by atoms with van der Waals surface area (Å²) in [6.45, 7) is 3.83. The molecule has 21 heavy (non-hydrogen) atoms. The van der Waals surface area contributed by atoms with Crippen molar-refractivity contribution in [1.29, 1.82) is 0 Å². The van der Waals surface area contributed by atoms with E-state index in [0.29, 0.717) is 11.1 Å². The molecule has 1 saturated heterocycles. The van der Waals surface area contributed by atoms with Crippen molar-refractivity contribution in [3.8, 4) is 0 Å². The van der Waals surface area contributed by atoms with Crippen LogP contribution >= 0.6 is 0 Å². The van der Waals surface area contributed by atoms with E-state index in [4.69, 9.17) is 10.9 Å². The maximum absolute atomic E-state index is 12.6. The average molecular weight is 289 g/mol. The smallest absolute Gasteiger partial charge is 0.253 e. The molecule has 1 unspecified atom stereocenters. The number of benzene rings is 1. The molecule has 1 aliphatic rings. The molecule has 1 aliphatic heterocycles. The van der Waals surface area contributed by atoms with E-state index < -0.39 is 0 Å². The highest BCUT2D eigenvalue weighted by molar-refractivity contribution is 6.01. The standard InChI is InChI=1S/C16H23N3O2/c1-2-12-5-4-9-19(10-8-12)16(20)14-7-3-6-13(11-14)15(17)18-21/h3,6-7,11-12,21H,2,4-5,8-10H2,1H3,(H2,17,18). The zero-order valence-electron chi connectivity index (χ0n) is 12.5. The van der Waals surface area contributed by atoms with Crippen molar-refractivity contribution in [2.45, 2.75) is 32.6 Å². The molecule has 1 aromatic rings. The van der Waals surface area contributed by atoms with Crippen LogP contribution in [-0.2, 0) is 0 Å². The number of carbonyl (C=O) groups is 1. The number of amides is 1. The second-order valence-corrected chi connectivity index (χ2v) is 5.56. The summed E-state index contributed by atoms with van der Waals surface area (Å²) in [7, 11) is 0. The third-order valence-corrected chi connectivity index (χ3v) is 4.23. The van der Waals surface area contributed by atoms with Gasteiger partial charge in [-0.1, -0.05) is 30.6 Å². The number of nitrogens with zero attached hydrogens (tertiary/aromatic N) is 2. The molecule has 1 atom stereocenters. The Kier molecular flexibility index (Phi) is 5.20. The maximum Gasteiger partial charge on any atom is 0.253 e. The molecule has 2 rings (SSSR count). The lowest BCUT2D eigenvalue weighted by atomic mass is 9.98. The quantitative estimate of drug-likeness (QED) is 0.388. The molecule has 0 saturated carbocycles. The number of oxime groups is 1. The van der Waals surface area contributed by atoms with E-state index in [1.165, 1.54) is 12.8 Å². The van der Waals surface area contributed by atoms with Crippen LogP contribution < -0.4 is 5.73 Å². The minimum absolute atomic E-state index is 0.0200. The number of hydrogen-bond acceptors (Lipinski definition) is 3. The summed E-state index contributed by atoms with van der Waals surface area (Å²) in [5.41, 5.74) is 6.73. The van der Waals surface area contributed by atoms with Crippen LogP contribution in [0.5, 0.6) is 0 Å². The highest BCUT2D eigenvalue weighted by Gasteiger charge is 2.21. The molecule has 0 aromatic heterocycles. The first kappa shape index (κ1) is 15.4. The Morgan fingerprint density at radius 1 is 1.38 bits per heavy atom. The molecule has 3 N–H and O–H groups in total. The van der Waals surface area contributed by atoms with Gasteiger partial charge in [0.2, 0.25) is 0 Å². The molecule has 1 amide bonds. The van der Waals surface area contributed by atoms with E-state index >= 15 is 0 Å². The fourth-order valence-corrected chi connectivity index (χ4v) is 2.83. The second-order valence-electron chi connectivity index (χ2n) is 5.56. The largest absolute Gasteiger partial charge is 0.409 e. The third kappa shape index (κ3) is 3.74. The van der Waals surface area contributed by atoms with E-state index in [2.05, 4.69) is 12.1 Å². The molecule has 5 nitrogen and oxygen atoms in total. The Balaban J connectivity index is 2.12. The minimum Gasteiger partial charge on any atom is -0.409 e. The number of nitrogens with two attached hydrogens (primary N) is 1. The lowest BCUT2D eigenvalue weighted by molar-refractivity contribution is 0.0760. The summed E-state index contributed by atoms with van der Waals surface area (Å²) in [5.74, 6) is 0.775. The molecule has 0 aliphatic carbocycles. The molecular formula is C16H23N3O2. The van der Waals surface area contributed by atoms with Crippen molar-refractivity contribution in [2.24, 2.45) is 16.8 Å². The van der Waals surface area contributed by atoms with Crippen LogP contribution in [0.4, 0.5) is 0 Å². The lowest BCUT2D eigenvalue weighted by Gasteiger charge is -2.21. The van der Waals surface area contributed by atoms with Crippen LogP contribution in [-0.4, -0.2) is 34.9 Å². The first-order valence-electron chi connectivity index (χ1n) is 7.53. The van der Waals surface area contributed by atoms with Crippen LogP contribution in [0.25, 0.3) is 0 Å². The Labute approximate surface area is 125 Å². The van der Waals surface area contributed by atoms with E-state index in [-0.39, 0.29) is 11.7 Å². The van der Waals surface area contributed by atoms with E-state index in [9.17, 15) is 4.79 Å². The van der Waals surface area contributed by atoms with Crippen molar-refractivity contribution in [2.75, 3.05) is 13.1 Å². The van der Waals surface area contributed by atoms with Gasteiger partial charge < -0.3 is 15.8 Å². The van der Waals surface area contributed by atoms with Crippen molar-refractivity contribution in [3.05, 3.63) is 35.4 Å². The molecular weight excluding hydrogens is 266 g/mol. The van der Waals surface area contributed by atoms with Crippen molar-refractivity contribution >= 4 is 11.7 Å². The predicted octanol–water partition coefficient (Wildman–Crippen LogP) is 2.43. The van der Waals surface area contributed by atoms with E-state index in [1.807, 2.05) is 4.90 Å². The van der Waals surface area contributed by atoms with Crippen molar-refractivity contribution in [1.82, 2.24) is 4.90 Å². The first-order valence-corrected chi connectivity index (χ1v) is 7.53. The zero-order chi connectivity index (χ0) is 15.2. The van der Waals surface area contributed by atoms with Crippen LogP contribution in [0.1, 0.15) is 48.5 Å². The summed E-state index contributed by atoms with van der Waals surface area (Å²) < 4.78 is 0. The fraction of sp³-hybridized carbons (Fsp3) is 0.500. The first-order chi connectivity index (χ1) is 10.2. The summed E-state index contributed by atoms with van der Waals surface area (Å²) >= 11 is 0. The van der Waals surface area contributed by atoms with Gasteiger partial charge in [0.05, 0.1) is 0 Å². The van der Waals surface area contributed by atoms with Gasteiger partial charge >= 0.3 is 0 Å². The van der Waals surface area contributed by atoms with Gasteiger partial charge in [-0.05, 0) is 37.3 Å². The zero-order valence-corrected chi connectivity index (χ0v) is 12.5. The van der Waals surface area contributed by atoms with Gasteiger partial charge in [0.25, 0.3) is 5.91 Å². The van der Waals surface area contributed by atoms with Gasteiger partial charge in [-0.15, -0.1) is 0 Å². The van der Waals surface area contributed by atoms with Crippen LogP contribution in [0, 0.1) is 5.92 Å².